The number of hydrogen-bond acceptors (Lipinski definition) is 4. The Morgan fingerprint density at radius 3 is 2.00 bits per heavy atom. The molecule has 0 aromatic carbocycles. The topological polar surface area (TPSA) is 80.9 Å². The second kappa shape index (κ2) is 2.88. The van der Waals surface area contributed by atoms with Crippen LogP contribution in [0.15, 0.2) is 0 Å². The third-order valence-corrected chi connectivity index (χ3v) is 1.98. The number of halogens is 2. The van der Waals surface area contributed by atoms with E-state index >= 15 is 0 Å². The number of rotatable bonds is 0. The Kier molecular flexibility index (Phi) is 2.35. The lowest BCUT2D eigenvalue weighted by Gasteiger charge is -2.37. The Bertz CT molecular complexity index is 175. The van der Waals surface area contributed by atoms with E-state index in [1.807, 2.05) is 0 Å². The molecule has 0 aliphatic heterocycles. The van der Waals surface area contributed by atoms with Gasteiger partial charge in [0.05, 0.1) is 6.10 Å². The van der Waals surface area contributed by atoms with Crippen molar-refractivity contribution in [2.24, 2.45) is 0 Å². The van der Waals surface area contributed by atoms with Crippen LogP contribution in [0.25, 0.3) is 0 Å². The molecule has 0 unspecified atom stereocenters. The molecule has 1 fully saturated rings. The average molecular weight is 184 g/mol. The monoisotopic (exact) mass is 184 g/mol. The Morgan fingerprint density at radius 2 is 1.50 bits per heavy atom. The first kappa shape index (κ1) is 9.79. The molecule has 0 radical (unpaired) electrons. The van der Waals surface area contributed by atoms with E-state index in [4.69, 9.17) is 20.4 Å². The van der Waals surface area contributed by atoms with Crippen LogP contribution in [0.3, 0.4) is 0 Å². The van der Waals surface area contributed by atoms with Crippen molar-refractivity contribution in [3.8, 4) is 0 Å². The van der Waals surface area contributed by atoms with Crippen molar-refractivity contribution in [1.82, 2.24) is 0 Å². The highest BCUT2D eigenvalue weighted by atomic mass is 19.3. The van der Waals surface area contributed by atoms with E-state index in [0.717, 1.165) is 0 Å². The van der Waals surface area contributed by atoms with Crippen molar-refractivity contribution < 1.29 is 29.2 Å². The van der Waals surface area contributed by atoms with E-state index in [0.29, 0.717) is 0 Å². The molecule has 4 N–H and O–H groups in total. The molecular formula is C6H10F2O4. The van der Waals surface area contributed by atoms with Crippen LogP contribution >= 0.6 is 0 Å². The molecule has 0 aromatic rings. The van der Waals surface area contributed by atoms with Gasteiger partial charge in [0.15, 0.2) is 0 Å². The van der Waals surface area contributed by atoms with Gasteiger partial charge in [-0.15, -0.1) is 0 Å². The zero-order valence-electron chi connectivity index (χ0n) is 6.06. The van der Waals surface area contributed by atoms with E-state index in [1.165, 1.54) is 0 Å². The summed E-state index contributed by atoms with van der Waals surface area (Å²) >= 11 is 0. The van der Waals surface area contributed by atoms with Gasteiger partial charge in [-0.2, -0.15) is 0 Å². The second-order valence-electron chi connectivity index (χ2n) is 2.96. The van der Waals surface area contributed by atoms with Crippen LogP contribution in [0, 0.1) is 0 Å². The van der Waals surface area contributed by atoms with Gasteiger partial charge in [-0.05, 0) is 0 Å². The zero-order chi connectivity index (χ0) is 9.52. The molecule has 4 atom stereocenters. The normalized spacial score (nSPS) is 47.5. The van der Waals surface area contributed by atoms with Gasteiger partial charge in [-0.25, -0.2) is 8.78 Å². The molecule has 1 aliphatic carbocycles. The van der Waals surface area contributed by atoms with Crippen molar-refractivity contribution in [3.05, 3.63) is 0 Å². The summed E-state index contributed by atoms with van der Waals surface area (Å²) in [5.41, 5.74) is 0. The van der Waals surface area contributed by atoms with Gasteiger partial charge in [0, 0.05) is 6.42 Å². The first-order valence-corrected chi connectivity index (χ1v) is 3.46. The summed E-state index contributed by atoms with van der Waals surface area (Å²) in [5.74, 6) is -3.54. The lowest BCUT2D eigenvalue weighted by atomic mass is 9.87. The fourth-order valence-corrected chi connectivity index (χ4v) is 1.18. The van der Waals surface area contributed by atoms with Gasteiger partial charge in [0.1, 0.15) is 18.3 Å². The molecule has 0 aromatic heterocycles. The summed E-state index contributed by atoms with van der Waals surface area (Å²) < 4.78 is 25.2. The van der Waals surface area contributed by atoms with E-state index in [2.05, 4.69) is 0 Å². The van der Waals surface area contributed by atoms with Crippen LogP contribution in [0.4, 0.5) is 8.78 Å². The maximum Gasteiger partial charge on any atom is 0.278 e. The van der Waals surface area contributed by atoms with Crippen molar-refractivity contribution in [2.45, 2.75) is 36.8 Å². The second-order valence-corrected chi connectivity index (χ2v) is 2.96. The fourth-order valence-electron chi connectivity index (χ4n) is 1.18. The average Bonchev–Trinajstić information content (AvgIpc) is 1.97. The predicted molar refractivity (Wildman–Crippen MR) is 33.6 cm³/mol. The molecule has 0 bridgehead atoms. The molecule has 12 heavy (non-hydrogen) atoms. The van der Waals surface area contributed by atoms with E-state index in [9.17, 15) is 8.78 Å². The molecule has 1 saturated carbocycles. The highest BCUT2D eigenvalue weighted by Crippen LogP contribution is 2.33. The van der Waals surface area contributed by atoms with Crippen molar-refractivity contribution in [1.29, 1.82) is 0 Å². The smallest absolute Gasteiger partial charge is 0.278 e. The maximum absolute atomic E-state index is 12.6. The van der Waals surface area contributed by atoms with E-state index < -0.39 is 36.8 Å². The van der Waals surface area contributed by atoms with Gasteiger partial charge >= 0.3 is 0 Å². The summed E-state index contributed by atoms with van der Waals surface area (Å²) in [4.78, 5) is 0. The SMILES string of the molecule is O[C@H]1[C@H](O)[C@@H](O)C(F)(F)C[C@H]1O. The van der Waals surface area contributed by atoms with Gasteiger partial charge in [0.2, 0.25) is 0 Å². The molecular weight excluding hydrogens is 174 g/mol. The lowest BCUT2D eigenvalue weighted by molar-refractivity contribution is -0.236. The van der Waals surface area contributed by atoms with Gasteiger partial charge in [-0.1, -0.05) is 0 Å². The fraction of sp³-hybridized carbons (Fsp3) is 1.00. The Labute approximate surface area is 67.1 Å². The van der Waals surface area contributed by atoms with Crippen LogP contribution in [0.5, 0.6) is 0 Å². The maximum atomic E-state index is 12.6. The summed E-state index contributed by atoms with van der Waals surface area (Å²) in [7, 11) is 0. The predicted octanol–water partition coefficient (Wildman–Crippen LogP) is -1.53. The molecule has 0 amide bonds. The number of aliphatic hydroxyl groups excluding tert-OH is 4. The number of alkyl halides is 2. The molecule has 0 spiro atoms. The molecule has 6 heteroatoms. The number of hydrogen-bond donors (Lipinski definition) is 4. The standard InChI is InChI=1S/C6H10F2O4/c7-6(8)1-2(9)3(10)4(11)5(6)12/h2-5,9-12H,1H2/t2-,3-,4+,5-/m1/s1. The minimum absolute atomic E-state index is 1.04. The number of aliphatic hydroxyl groups is 4. The van der Waals surface area contributed by atoms with Gasteiger partial charge in [-0.3, -0.25) is 0 Å². The highest BCUT2D eigenvalue weighted by Gasteiger charge is 2.53. The molecule has 0 saturated heterocycles. The first-order chi connectivity index (χ1) is 5.36. The molecule has 0 heterocycles. The molecule has 1 rings (SSSR count). The van der Waals surface area contributed by atoms with Crippen LogP contribution < -0.4 is 0 Å². The third-order valence-electron chi connectivity index (χ3n) is 1.98. The van der Waals surface area contributed by atoms with Crippen molar-refractivity contribution in [2.75, 3.05) is 0 Å². The summed E-state index contributed by atoms with van der Waals surface area (Å²) in [6, 6.07) is 0. The lowest BCUT2D eigenvalue weighted by Crippen LogP contribution is -2.59. The Morgan fingerprint density at radius 1 is 1.00 bits per heavy atom. The van der Waals surface area contributed by atoms with Gasteiger partial charge < -0.3 is 20.4 Å². The first-order valence-electron chi connectivity index (χ1n) is 3.46. The molecule has 1 aliphatic rings. The van der Waals surface area contributed by atoms with Gasteiger partial charge in [0.25, 0.3) is 5.92 Å². The van der Waals surface area contributed by atoms with Crippen LogP contribution in [-0.2, 0) is 0 Å². The van der Waals surface area contributed by atoms with Crippen molar-refractivity contribution >= 4 is 0 Å². The van der Waals surface area contributed by atoms with E-state index in [1.54, 1.807) is 0 Å². The Hall–Kier alpha value is -0.300. The van der Waals surface area contributed by atoms with E-state index in [-0.39, 0.29) is 0 Å². The van der Waals surface area contributed by atoms with Crippen LogP contribution in [0.2, 0.25) is 0 Å². The molecule has 72 valence electrons. The zero-order valence-corrected chi connectivity index (χ0v) is 6.06. The minimum Gasteiger partial charge on any atom is -0.390 e. The third kappa shape index (κ3) is 1.42. The van der Waals surface area contributed by atoms with Crippen LogP contribution in [-0.4, -0.2) is 50.8 Å². The largest absolute Gasteiger partial charge is 0.390 e. The van der Waals surface area contributed by atoms with Crippen molar-refractivity contribution in [3.63, 3.8) is 0 Å². The summed E-state index contributed by atoms with van der Waals surface area (Å²) in [6.07, 6.45) is -8.75. The Balaban J connectivity index is 2.78. The summed E-state index contributed by atoms with van der Waals surface area (Å²) in [5, 5.41) is 35.2. The molecule has 4 nitrogen and oxygen atoms in total. The van der Waals surface area contributed by atoms with Crippen LogP contribution in [0.1, 0.15) is 6.42 Å². The quantitative estimate of drug-likeness (QED) is 0.368. The minimum atomic E-state index is -3.54. The highest BCUT2D eigenvalue weighted by molar-refractivity contribution is 4.97. The summed E-state index contributed by atoms with van der Waals surface area (Å²) in [6.45, 7) is 0.